The largest absolute Gasteiger partial charge is 0.495 e. The van der Waals surface area contributed by atoms with Crippen LogP contribution in [0.4, 0.5) is 11.4 Å². The normalized spacial score (nSPS) is 13.8. The summed E-state index contributed by atoms with van der Waals surface area (Å²) in [5.74, 6) is 0.207. The van der Waals surface area contributed by atoms with E-state index in [1.807, 2.05) is 72.8 Å². The number of para-hydroxylation sites is 2. The number of ether oxygens (including phenoxy) is 1. The first-order valence-electron chi connectivity index (χ1n) is 10.4. The Labute approximate surface area is 192 Å². The molecule has 0 aromatic heterocycles. The van der Waals surface area contributed by atoms with Gasteiger partial charge in [-0.3, -0.25) is 9.59 Å². The Morgan fingerprint density at radius 3 is 2.16 bits per heavy atom. The van der Waals surface area contributed by atoms with Crippen LogP contribution in [0.5, 0.6) is 5.75 Å². The molecule has 1 heterocycles. The molecule has 0 fully saturated rings. The van der Waals surface area contributed by atoms with Crippen LogP contribution >= 0.6 is 11.8 Å². The maximum atomic E-state index is 13.5. The highest BCUT2D eigenvalue weighted by molar-refractivity contribution is 8.04. The molecule has 32 heavy (non-hydrogen) atoms. The summed E-state index contributed by atoms with van der Waals surface area (Å²) in [7, 11) is 1.57. The van der Waals surface area contributed by atoms with Crippen molar-refractivity contribution in [1.29, 1.82) is 0 Å². The lowest BCUT2D eigenvalue weighted by molar-refractivity contribution is -0.120. The molecule has 0 radical (unpaired) electrons. The van der Waals surface area contributed by atoms with Crippen molar-refractivity contribution in [2.75, 3.05) is 17.3 Å². The minimum absolute atomic E-state index is 0.237. The van der Waals surface area contributed by atoms with Crippen LogP contribution < -0.4 is 15.0 Å². The van der Waals surface area contributed by atoms with Gasteiger partial charge in [-0.05, 0) is 47.9 Å². The molecule has 5 nitrogen and oxygen atoms in total. The van der Waals surface area contributed by atoms with E-state index < -0.39 is 5.91 Å². The van der Waals surface area contributed by atoms with Gasteiger partial charge in [0, 0.05) is 4.90 Å². The van der Waals surface area contributed by atoms with Gasteiger partial charge in [0.25, 0.3) is 11.8 Å². The summed E-state index contributed by atoms with van der Waals surface area (Å²) >= 11 is 1.27. The Kier molecular flexibility index (Phi) is 6.32. The number of nitrogens with zero attached hydrogens (tertiary/aromatic N) is 1. The molecule has 1 N–H and O–H groups in total. The summed E-state index contributed by atoms with van der Waals surface area (Å²) in [6.45, 7) is 4.21. The van der Waals surface area contributed by atoms with Crippen LogP contribution in [0.2, 0.25) is 0 Å². The first kappa shape index (κ1) is 21.7. The van der Waals surface area contributed by atoms with E-state index in [2.05, 4.69) is 19.2 Å². The molecule has 0 unspecified atom stereocenters. The first-order chi connectivity index (χ1) is 15.5. The molecular weight excluding hydrogens is 420 g/mol. The lowest BCUT2D eigenvalue weighted by Gasteiger charge is -2.17. The fraction of sp³-hybridized carbons (Fsp3) is 0.154. The number of thioether (sulfide) groups is 1. The maximum Gasteiger partial charge on any atom is 0.283 e. The van der Waals surface area contributed by atoms with Crippen LogP contribution in [0.3, 0.4) is 0 Å². The lowest BCUT2D eigenvalue weighted by Crippen LogP contribution is -2.32. The highest BCUT2D eigenvalue weighted by Gasteiger charge is 2.40. The van der Waals surface area contributed by atoms with Crippen LogP contribution in [-0.4, -0.2) is 18.9 Å². The van der Waals surface area contributed by atoms with Crippen molar-refractivity contribution < 1.29 is 14.3 Å². The fourth-order valence-electron chi connectivity index (χ4n) is 3.45. The zero-order valence-corrected chi connectivity index (χ0v) is 19.0. The Hall–Kier alpha value is -3.51. The molecular formula is C26H24N2O3S. The monoisotopic (exact) mass is 444 g/mol. The van der Waals surface area contributed by atoms with Crippen molar-refractivity contribution in [2.24, 2.45) is 0 Å². The Morgan fingerprint density at radius 2 is 1.50 bits per heavy atom. The number of rotatable bonds is 7. The molecule has 3 aromatic rings. The lowest BCUT2D eigenvalue weighted by atomic mass is 10.0. The number of hydrogen-bond donors (Lipinski definition) is 1. The molecule has 0 saturated heterocycles. The van der Waals surface area contributed by atoms with Crippen molar-refractivity contribution in [3.63, 3.8) is 0 Å². The van der Waals surface area contributed by atoms with Gasteiger partial charge >= 0.3 is 0 Å². The van der Waals surface area contributed by atoms with E-state index in [0.29, 0.717) is 27.9 Å². The van der Waals surface area contributed by atoms with E-state index in [4.69, 9.17) is 4.74 Å². The van der Waals surface area contributed by atoms with Crippen LogP contribution in [0, 0.1) is 0 Å². The summed E-state index contributed by atoms with van der Waals surface area (Å²) in [6.07, 6.45) is 0. The summed E-state index contributed by atoms with van der Waals surface area (Å²) < 4.78 is 5.42. The number of methoxy groups -OCH3 is 1. The Balaban J connectivity index is 1.74. The second kappa shape index (κ2) is 9.32. The first-order valence-corrected chi connectivity index (χ1v) is 11.2. The van der Waals surface area contributed by atoms with E-state index in [1.54, 1.807) is 13.2 Å². The van der Waals surface area contributed by atoms with Crippen LogP contribution in [0.15, 0.2) is 94.4 Å². The molecule has 6 heteroatoms. The molecule has 0 aliphatic carbocycles. The smallest absolute Gasteiger partial charge is 0.283 e. The summed E-state index contributed by atoms with van der Waals surface area (Å²) in [5.41, 5.74) is 2.55. The molecule has 3 aromatic carbocycles. The average molecular weight is 445 g/mol. The third kappa shape index (κ3) is 4.27. The van der Waals surface area contributed by atoms with Gasteiger partial charge in [-0.25, -0.2) is 4.90 Å². The minimum Gasteiger partial charge on any atom is -0.495 e. The third-order valence-corrected chi connectivity index (χ3v) is 6.28. The van der Waals surface area contributed by atoms with E-state index in [-0.39, 0.29) is 11.6 Å². The average Bonchev–Trinajstić information content (AvgIpc) is 3.04. The number of nitrogens with one attached hydrogen (secondary N) is 1. The third-order valence-electron chi connectivity index (χ3n) is 5.19. The highest BCUT2D eigenvalue weighted by atomic mass is 32.2. The quantitative estimate of drug-likeness (QED) is 0.466. The number of amides is 2. The van der Waals surface area contributed by atoms with Crippen LogP contribution in [0.25, 0.3) is 0 Å². The van der Waals surface area contributed by atoms with Crippen LogP contribution in [0.1, 0.15) is 25.3 Å². The maximum absolute atomic E-state index is 13.5. The summed E-state index contributed by atoms with van der Waals surface area (Å²) in [6, 6.07) is 24.4. The molecule has 0 saturated carbocycles. The van der Waals surface area contributed by atoms with Gasteiger partial charge in [0.05, 0.1) is 18.5 Å². The molecule has 0 atom stereocenters. The van der Waals surface area contributed by atoms with Crippen molar-refractivity contribution >= 4 is 35.0 Å². The zero-order valence-electron chi connectivity index (χ0n) is 18.2. The van der Waals surface area contributed by atoms with E-state index in [0.717, 1.165) is 10.5 Å². The van der Waals surface area contributed by atoms with E-state index in [9.17, 15) is 9.59 Å². The predicted octanol–water partition coefficient (Wildman–Crippen LogP) is 5.81. The van der Waals surface area contributed by atoms with Gasteiger partial charge in [0.2, 0.25) is 0 Å². The van der Waals surface area contributed by atoms with E-state index in [1.165, 1.54) is 16.7 Å². The second-order valence-electron chi connectivity index (χ2n) is 7.64. The van der Waals surface area contributed by atoms with E-state index >= 15 is 0 Å². The van der Waals surface area contributed by atoms with Crippen molar-refractivity contribution in [3.05, 3.63) is 95.0 Å². The molecule has 0 spiro atoms. The van der Waals surface area contributed by atoms with Gasteiger partial charge in [0.1, 0.15) is 16.4 Å². The Bertz CT molecular complexity index is 1170. The SMILES string of the molecule is COc1ccccc1NC1=C(Sc2ccccc2)C(=O)N(c2ccc(C(C)C)cc2)C1=O. The number of carbonyl (C=O) groups excluding carboxylic acids is 2. The minimum atomic E-state index is -0.392. The van der Waals surface area contributed by atoms with Crippen molar-refractivity contribution in [3.8, 4) is 5.75 Å². The molecule has 1 aliphatic rings. The molecule has 162 valence electrons. The number of benzene rings is 3. The zero-order chi connectivity index (χ0) is 22.7. The van der Waals surface area contributed by atoms with Crippen LogP contribution in [-0.2, 0) is 9.59 Å². The summed E-state index contributed by atoms with van der Waals surface area (Å²) in [5, 5.41) is 3.16. The fourth-order valence-corrected chi connectivity index (χ4v) is 4.39. The predicted molar refractivity (Wildman–Crippen MR) is 129 cm³/mol. The van der Waals surface area contributed by atoms with Gasteiger partial charge in [-0.1, -0.05) is 68.1 Å². The molecule has 0 bridgehead atoms. The Morgan fingerprint density at radius 1 is 0.844 bits per heavy atom. The topological polar surface area (TPSA) is 58.6 Å². The second-order valence-corrected chi connectivity index (χ2v) is 8.72. The van der Waals surface area contributed by atoms with Gasteiger partial charge in [0.15, 0.2) is 0 Å². The number of anilines is 2. The molecule has 2 amide bonds. The highest BCUT2D eigenvalue weighted by Crippen LogP contribution is 2.39. The number of carbonyl (C=O) groups is 2. The van der Waals surface area contributed by atoms with Gasteiger partial charge < -0.3 is 10.1 Å². The standard InChI is InChI=1S/C26H24N2O3S/c1-17(2)18-13-15-19(16-14-18)28-25(29)23(27-21-11-7-8-12-22(21)31-3)24(26(28)30)32-20-9-5-4-6-10-20/h4-17,27H,1-3H3. The summed E-state index contributed by atoms with van der Waals surface area (Å²) in [4.78, 5) is 29.4. The number of imide groups is 1. The van der Waals surface area contributed by atoms with Crippen molar-refractivity contribution in [1.82, 2.24) is 0 Å². The van der Waals surface area contributed by atoms with Gasteiger partial charge in [-0.15, -0.1) is 0 Å². The molecule has 4 rings (SSSR count). The molecule has 1 aliphatic heterocycles. The van der Waals surface area contributed by atoms with Gasteiger partial charge in [-0.2, -0.15) is 0 Å². The number of hydrogen-bond acceptors (Lipinski definition) is 5. The van der Waals surface area contributed by atoms with Crippen molar-refractivity contribution in [2.45, 2.75) is 24.7 Å².